The summed E-state index contributed by atoms with van der Waals surface area (Å²) in [5.74, 6) is 0. The quantitative estimate of drug-likeness (QED) is 0.392. The normalized spacial score (nSPS) is 13.4. The summed E-state index contributed by atoms with van der Waals surface area (Å²) in [6, 6.07) is 30.5. The van der Waals surface area contributed by atoms with Gasteiger partial charge in [-0.25, -0.2) is 0 Å². The van der Waals surface area contributed by atoms with Crippen LogP contribution in [-0.4, -0.2) is 0 Å². The summed E-state index contributed by atoms with van der Waals surface area (Å²) >= 11 is 3.87. The van der Waals surface area contributed by atoms with Crippen LogP contribution in [0.2, 0.25) is 0 Å². The first-order valence-corrected chi connectivity index (χ1v) is 10.6. The Kier molecular flexibility index (Phi) is 6.66. The van der Waals surface area contributed by atoms with Crippen LogP contribution >= 0.6 is 23.5 Å². The molecule has 0 aliphatic rings. The highest BCUT2D eigenvalue weighted by Crippen LogP contribution is 2.39. The van der Waals surface area contributed by atoms with Crippen LogP contribution < -0.4 is 0 Å². The standard InChI is InChI=1S/C23H24S2/c1-3-23(25-21-12-8-5-9-13-21)20-14-16-22(17-15-20)24-18(2)19-10-6-4-7-11-19/h4-18,23H,3H2,1-2H3. The summed E-state index contributed by atoms with van der Waals surface area (Å²) in [6.07, 6.45) is 1.13. The second-order valence-electron chi connectivity index (χ2n) is 6.07. The van der Waals surface area contributed by atoms with Gasteiger partial charge in [0.1, 0.15) is 0 Å². The van der Waals surface area contributed by atoms with E-state index in [0.717, 1.165) is 6.42 Å². The molecule has 3 aromatic rings. The SMILES string of the molecule is CCC(Sc1ccccc1)c1ccc(SC(C)c2ccccc2)cc1. The Morgan fingerprint density at radius 1 is 0.640 bits per heavy atom. The average molecular weight is 365 g/mol. The van der Waals surface area contributed by atoms with Crippen molar-refractivity contribution in [1.82, 2.24) is 0 Å². The molecule has 3 rings (SSSR count). The molecule has 0 saturated carbocycles. The maximum atomic E-state index is 2.30. The summed E-state index contributed by atoms with van der Waals surface area (Å²) in [4.78, 5) is 2.67. The minimum absolute atomic E-state index is 0.465. The highest BCUT2D eigenvalue weighted by atomic mass is 32.2. The van der Waals surface area contributed by atoms with Crippen molar-refractivity contribution in [2.75, 3.05) is 0 Å². The molecule has 3 aromatic carbocycles. The van der Waals surface area contributed by atoms with E-state index in [2.05, 4.69) is 98.8 Å². The van der Waals surface area contributed by atoms with Crippen molar-refractivity contribution < 1.29 is 0 Å². The zero-order chi connectivity index (χ0) is 17.5. The number of hydrogen-bond donors (Lipinski definition) is 0. The van der Waals surface area contributed by atoms with Gasteiger partial charge in [-0.2, -0.15) is 0 Å². The molecule has 2 heteroatoms. The molecule has 0 aliphatic carbocycles. The molecule has 128 valence electrons. The summed E-state index contributed by atoms with van der Waals surface area (Å²) in [7, 11) is 0. The van der Waals surface area contributed by atoms with Crippen molar-refractivity contribution in [1.29, 1.82) is 0 Å². The molecule has 0 aliphatic heterocycles. The number of thioether (sulfide) groups is 2. The van der Waals surface area contributed by atoms with E-state index >= 15 is 0 Å². The van der Waals surface area contributed by atoms with Gasteiger partial charge in [0, 0.05) is 20.3 Å². The van der Waals surface area contributed by atoms with Gasteiger partial charge in [0.25, 0.3) is 0 Å². The van der Waals surface area contributed by atoms with Gasteiger partial charge in [0.15, 0.2) is 0 Å². The Balaban J connectivity index is 1.66. The Bertz CT molecular complexity index is 751. The zero-order valence-corrected chi connectivity index (χ0v) is 16.4. The van der Waals surface area contributed by atoms with E-state index in [0.29, 0.717) is 10.5 Å². The molecule has 0 aromatic heterocycles. The lowest BCUT2D eigenvalue weighted by Gasteiger charge is -2.16. The molecule has 0 radical (unpaired) electrons. The van der Waals surface area contributed by atoms with E-state index in [9.17, 15) is 0 Å². The summed E-state index contributed by atoms with van der Waals surface area (Å²) in [5, 5.41) is 0.973. The van der Waals surface area contributed by atoms with Gasteiger partial charge >= 0.3 is 0 Å². The monoisotopic (exact) mass is 364 g/mol. The van der Waals surface area contributed by atoms with Crippen molar-refractivity contribution >= 4 is 23.5 Å². The van der Waals surface area contributed by atoms with Gasteiger partial charge in [0.05, 0.1) is 0 Å². The van der Waals surface area contributed by atoms with Crippen molar-refractivity contribution in [3.8, 4) is 0 Å². The molecule has 0 nitrogen and oxygen atoms in total. The van der Waals surface area contributed by atoms with Crippen molar-refractivity contribution in [2.24, 2.45) is 0 Å². The first kappa shape index (κ1) is 18.2. The van der Waals surface area contributed by atoms with Gasteiger partial charge < -0.3 is 0 Å². The van der Waals surface area contributed by atoms with Crippen LogP contribution in [0, 0.1) is 0 Å². The minimum atomic E-state index is 0.465. The largest absolute Gasteiger partial charge is 0.118 e. The highest BCUT2D eigenvalue weighted by Gasteiger charge is 2.12. The van der Waals surface area contributed by atoms with Gasteiger partial charge in [-0.15, -0.1) is 23.5 Å². The molecular weight excluding hydrogens is 340 g/mol. The third-order valence-electron chi connectivity index (χ3n) is 4.23. The molecule has 0 N–H and O–H groups in total. The third-order valence-corrected chi connectivity index (χ3v) is 6.83. The molecule has 0 fully saturated rings. The summed E-state index contributed by atoms with van der Waals surface area (Å²) < 4.78 is 0. The lowest BCUT2D eigenvalue weighted by atomic mass is 10.1. The van der Waals surface area contributed by atoms with Gasteiger partial charge in [-0.3, -0.25) is 0 Å². The Hall–Kier alpha value is -1.64. The van der Waals surface area contributed by atoms with Crippen LogP contribution in [0.5, 0.6) is 0 Å². The van der Waals surface area contributed by atoms with Crippen LogP contribution in [0.4, 0.5) is 0 Å². The maximum Gasteiger partial charge on any atom is 0.0341 e. The van der Waals surface area contributed by atoms with E-state index in [4.69, 9.17) is 0 Å². The van der Waals surface area contributed by atoms with E-state index in [1.165, 1.54) is 20.9 Å². The number of rotatable bonds is 7. The van der Waals surface area contributed by atoms with E-state index < -0.39 is 0 Å². The van der Waals surface area contributed by atoms with Crippen molar-refractivity contribution in [3.05, 3.63) is 96.1 Å². The predicted octanol–water partition coefficient (Wildman–Crippen LogP) is 7.78. The maximum absolute atomic E-state index is 2.30. The second kappa shape index (κ2) is 9.17. The molecule has 0 spiro atoms. The molecule has 2 atom stereocenters. The van der Waals surface area contributed by atoms with Gasteiger partial charge in [-0.1, -0.05) is 67.6 Å². The Labute approximate surface area is 160 Å². The fourth-order valence-corrected chi connectivity index (χ4v) is 4.91. The van der Waals surface area contributed by atoms with E-state index in [1.54, 1.807) is 0 Å². The zero-order valence-electron chi connectivity index (χ0n) is 14.8. The lowest BCUT2D eigenvalue weighted by Crippen LogP contribution is -1.93. The van der Waals surface area contributed by atoms with E-state index in [1.807, 2.05) is 23.5 Å². The van der Waals surface area contributed by atoms with Gasteiger partial charge in [-0.05, 0) is 48.7 Å². The smallest absolute Gasteiger partial charge is 0.0341 e. The van der Waals surface area contributed by atoms with Crippen LogP contribution in [0.3, 0.4) is 0 Å². The summed E-state index contributed by atoms with van der Waals surface area (Å²) in [6.45, 7) is 4.54. The summed E-state index contributed by atoms with van der Waals surface area (Å²) in [5.41, 5.74) is 2.79. The van der Waals surface area contributed by atoms with Crippen LogP contribution in [-0.2, 0) is 0 Å². The van der Waals surface area contributed by atoms with Crippen LogP contribution in [0.1, 0.15) is 41.9 Å². The van der Waals surface area contributed by atoms with Crippen molar-refractivity contribution in [3.63, 3.8) is 0 Å². The molecule has 0 saturated heterocycles. The minimum Gasteiger partial charge on any atom is -0.118 e. The topological polar surface area (TPSA) is 0 Å². The molecule has 0 heterocycles. The van der Waals surface area contributed by atoms with Crippen LogP contribution in [0.15, 0.2) is 94.7 Å². The lowest BCUT2D eigenvalue weighted by molar-refractivity contribution is 0.893. The third kappa shape index (κ3) is 5.17. The molecule has 0 bridgehead atoms. The fraction of sp³-hybridized carbons (Fsp3) is 0.217. The van der Waals surface area contributed by atoms with Crippen LogP contribution in [0.25, 0.3) is 0 Å². The molecule has 25 heavy (non-hydrogen) atoms. The molecule has 2 unspecified atom stereocenters. The molecular formula is C23H24S2. The number of benzene rings is 3. The first-order valence-electron chi connectivity index (χ1n) is 8.79. The van der Waals surface area contributed by atoms with Gasteiger partial charge in [0.2, 0.25) is 0 Å². The predicted molar refractivity (Wildman–Crippen MR) is 112 cm³/mol. The first-order chi connectivity index (χ1) is 12.3. The van der Waals surface area contributed by atoms with E-state index in [-0.39, 0.29) is 0 Å². The molecule has 0 amide bonds. The number of hydrogen-bond acceptors (Lipinski definition) is 2. The fourth-order valence-electron chi connectivity index (χ4n) is 2.81. The van der Waals surface area contributed by atoms with Crippen molar-refractivity contribution in [2.45, 2.75) is 40.6 Å². The second-order valence-corrected chi connectivity index (χ2v) is 8.76. The Morgan fingerprint density at radius 3 is 1.80 bits per heavy atom. The Morgan fingerprint density at radius 2 is 1.20 bits per heavy atom. The highest BCUT2D eigenvalue weighted by molar-refractivity contribution is 7.99. The average Bonchev–Trinajstić information content (AvgIpc) is 2.68.